The average Bonchev–Trinajstić information content (AvgIpc) is 3.48. The summed E-state index contributed by atoms with van der Waals surface area (Å²) in [7, 11) is 1.53. The Balaban J connectivity index is 1.36. The summed E-state index contributed by atoms with van der Waals surface area (Å²) in [6.07, 6.45) is 5.24. The molecule has 0 spiro atoms. The fourth-order valence-corrected chi connectivity index (χ4v) is 6.00. The number of amides is 2. The van der Waals surface area contributed by atoms with Gasteiger partial charge in [0.05, 0.1) is 30.7 Å². The van der Waals surface area contributed by atoms with Gasteiger partial charge in [0, 0.05) is 46.9 Å². The lowest BCUT2D eigenvalue weighted by Crippen LogP contribution is -2.37. The lowest BCUT2D eigenvalue weighted by molar-refractivity contribution is -0.135. The van der Waals surface area contributed by atoms with E-state index in [0.717, 1.165) is 16.3 Å². The number of methoxy groups -OCH3 is 1. The van der Waals surface area contributed by atoms with E-state index in [1.54, 1.807) is 11.0 Å². The first-order valence-electron chi connectivity index (χ1n) is 11.8. The normalized spacial score (nSPS) is 19.2. The molecule has 9 nitrogen and oxygen atoms in total. The number of fused-ring (bicyclic) bond motifs is 1. The number of thiazole rings is 1. The number of anilines is 1. The summed E-state index contributed by atoms with van der Waals surface area (Å²) in [5.41, 5.74) is 3.28. The van der Waals surface area contributed by atoms with Crippen LogP contribution in [0.25, 0.3) is 11.1 Å². The molecular formula is C25H26ClN5O4S. The Hall–Kier alpha value is -3.08. The summed E-state index contributed by atoms with van der Waals surface area (Å²) in [5, 5.41) is 13.5. The van der Waals surface area contributed by atoms with Gasteiger partial charge in [-0.3, -0.25) is 19.9 Å². The Morgan fingerprint density at radius 2 is 2.06 bits per heavy atom. The van der Waals surface area contributed by atoms with E-state index >= 15 is 0 Å². The van der Waals surface area contributed by atoms with E-state index < -0.39 is 6.10 Å². The Bertz CT molecular complexity index is 1330. The van der Waals surface area contributed by atoms with Crippen molar-refractivity contribution in [1.82, 2.24) is 19.9 Å². The predicted octanol–water partition coefficient (Wildman–Crippen LogP) is 3.52. The van der Waals surface area contributed by atoms with E-state index in [1.807, 2.05) is 13.0 Å². The molecule has 1 fully saturated rings. The second kappa shape index (κ2) is 10.1. The summed E-state index contributed by atoms with van der Waals surface area (Å²) >= 11 is 7.53. The number of aliphatic hydroxyl groups excluding tert-OH is 1. The lowest BCUT2D eigenvalue weighted by atomic mass is 9.90. The van der Waals surface area contributed by atoms with Gasteiger partial charge in [-0.25, -0.2) is 9.97 Å². The summed E-state index contributed by atoms with van der Waals surface area (Å²) in [6, 6.07) is 3.46. The molecule has 2 atom stereocenters. The van der Waals surface area contributed by atoms with Gasteiger partial charge in [0.1, 0.15) is 10.9 Å². The van der Waals surface area contributed by atoms with Crippen molar-refractivity contribution in [3.63, 3.8) is 0 Å². The van der Waals surface area contributed by atoms with Crippen molar-refractivity contribution in [2.45, 2.75) is 38.7 Å². The Labute approximate surface area is 217 Å². The van der Waals surface area contributed by atoms with Gasteiger partial charge in [0.25, 0.3) is 5.91 Å². The lowest BCUT2D eigenvalue weighted by Gasteiger charge is -2.25. The number of hydrogen-bond donors (Lipinski definition) is 2. The van der Waals surface area contributed by atoms with Gasteiger partial charge in [-0.05, 0) is 44.7 Å². The van der Waals surface area contributed by atoms with Crippen molar-refractivity contribution in [1.29, 1.82) is 0 Å². The highest BCUT2D eigenvalue weighted by Gasteiger charge is 2.33. The van der Waals surface area contributed by atoms with Gasteiger partial charge in [-0.1, -0.05) is 11.6 Å². The highest BCUT2D eigenvalue weighted by Crippen LogP contribution is 2.36. The molecule has 0 aromatic carbocycles. The number of carbonyl (C=O) groups is 2. The minimum atomic E-state index is -0.428. The number of nitrogens with zero attached hydrogens (tertiary/aromatic N) is 4. The predicted molar refractivity (Wildman–Crippen MR) is 137 cm³/mol. The van der Waals surface area contributed by atoms with Crippen LogP contribution in [0.15, 0.2) is 24.5 Å². The molecule has 1 aliphatic carbocycles. The molecule has 2 amide bonds. The fourth-order valence-electron chi connectivity index (χ4n) is 4.76. The monoisotopic (exact) mass is 527 g/mol. The molecule has 0 bridgehead atoms. The average molecular weight is 528 g/mol. The van der Waals surface area contributed by atoms with Crippen molar-refractivity contribution >= 4 is 39.9 Å². The first-order valence-corrected chi connectivity index (χ1v) is 12.9. The largest absolute Gasteiger partial charge is 0.494 e. The zero-order valence-electron chi connectivity index (χ0n) is 20.0. The maximum Gasteiger partial charge on any atom is 0.259 e. The Kier molecular flexibility index (Phi) is 6.92. The molecule has 2 aliphatic rings. The van der Waals surface area contributed by atoms with Gasteiger partial charge in [0.2, 0.25) is 5.91 Å². The van der Waals surface area contributed by atoms with Crippen LogP contribution < -0.4 is 10.1 Å². The minimum absolute atomic E-state index is 0.0940. The molecule has 3 aromatic heterocycles. The summed E-state index contributed by atoms with van der Waals surface area (Å²) in [4.78, 5) is 42.0. The smallest absolute Gasteiger partial charge is 0.259 e. The molecule has 5 rings (SSSR count). The van der Waals surface area contributed by atoms with Gasteiger partial charge >= 0.3 is 0 Å². The number of nitrogens with one attached hydrogen (secondary N) is 1. The number of hydrogen-bond acceptors (Lipinski definition) is 8. The number of rotatable bonds is 5. The van der Waals surface area contributed by atoms with Crippen LogP contribution >= 0.6 is 22.9 Å². The van der Waals surface area contributed by atoms with E-state index in [1.165, 1.54) is 30.8 Å². The molecule has 4 heterocycles. The molecule has 36 heavy (non-hydrogen) atoms. The molecule has 0 saturated carbocycles. The number of halogens is 1. The molecule has 1 saturated heterocycles. The maximum absolute atomic E-state index is 13.3. The van der Waals surface area contributed by atoms with E-state index in [2.05, 4.69) is 20.3 Å². The van der Waals surface area contributed by atoms with Crippen molar-refractivity contribution in [3.8, 4) is 16.9 Å². The van der Waals surface area contributed by atoms with Crippen molar-refractivity contribution in [2.24, 2.45) is 5.92 Å². The quantitative estimate of drug-likeness (QED) is 0.487. The zero-order chi connectivity index (χ0) is 25.4. The van der Waals surface area contributed by atoms with Crippen LogP contribution in [0.3, 0.4) is 0 Å². The summed E-state index contributed by atoms with van der Waals surface area (Å²) < 4.78 is 5.45. The van der Waals surface area contributed by atoms with Crippen molar-refractivity contribution in [2.75, 3.05) is 25.5 Å². The number of aromatic nitrogens is 3. The number of aliphatic hydroxyl groups is 1. The third-order valence-electron chi connectivity index (χ3n) is 6.61. The number of likely N-dealkylation sites (tertiary alicyclic amines) is 1. The standard InChI is InChI=1S/C25H26ClN5O4S/c1-13-7-16(17-9-22(26)28-11-20(17)35-2)18(10-27-13)23(33)30-25-29-19-4-3-14(8-21(19)36-25)24(34)31-6-5-15(32)12-31/h7,9-11,14-15,32H,3-6,8,12H2,1-2H3,(H,29,30,33)/t14-,15+/m1/s1. The molecule has 0 radical (unpaired) electrons. The Morgan fingerprint density at radius 3 is 2.81 bits per heavy atom. The van der Waals surface area contributed by atoms with Gasteiger partial charge < -0.3 is 14.7 Å². The van der Waals surface area contributed by atoms with Crippen LogP contribution in [0.5, 0.6) is 5.75 Å². The molecule has 1 aliphatic heterocycles. The molecule has 11 heteroatoms. The minimum Gasteiger partial charge on any atom is -0.494 e. The van der Waals surface area contributed by atoms with E-state index in [-0.39, 0.29) is 22.9 Å². The molecular weight excluding hydrogens is 502 g/mol. The Morgan fingerprint density at radius 1 is 1.22 bits per heavy atom. The number of ether oxygens (including phenoxy) is 1. The van der Waals surface area contributed by atoms with Crippen LogP contribution in [-0.2, 0) is 17.6 Å². The van der Waals surface area contributed by atoms with E-state index in [0.29, 0.717) is 66.3 Å². The highest BCUT2D eigenvalue weighted by molar-refractivity contribution is 7.15. The second-order valence-electron chi connectivity index (χ2n) is 9.09. The first kappa shape index (κ1) is 24.6. The zero-order valence-corrected chi connectivity index (χ0v) is 21.5. The van der Waals surface area contributed by atoms with Crippen LogP contribution in [-0.4, -0.2) is 63.1 Å². The van der Waals surface area contributed by atoms with Gasteiger partial charge in [-0.2, -0.15) is 0 Å². The number of carbonyl (C=O) groups excluding carboxylic acids is 2. The number of pyridine rings is 2. The first-order chi connectivity index (χ1) is 17.3. The molecule has 2 N–H and O–H groups in total. The topological polar surface area (TPSA) is 118 Å². The van der Waals surface area contributed by atoms with Gasteiger partial charge in [0.15, 0.2) is 5.13 Å². The SMILES string of the molecule is COc1cnc(Cl)cc1-c1cc(C)ncc1C(=O)Nc1nc2c(s1)C[C@H](C(=O)N1CC[C@H](O)C1)CC2. The van der Waals surface area contributed by atoms with Crippen molar-refractivity contribution in [3.05, 3.63) is 51.5 Å². The van der Waals surface area contributed by atoms with Gasteiger partial charge in [-0.15, -0.1) is 11.3 Å². The number of aryl methyl sites for hydroxylation is 2. The van der Waals surface area contributed by atoms with Crippen LogP contribution in [0.2, 0.25) is 5.15 Å². The van der Waals surface area contributed by atoms with E-state index in [9.17, 15) is 14.7 Å². The van der Waals surface area contributed by atoms with Crippen LogP contribution in [0.1, 0.15) is 39.5 Å². The third kappa shape index (κ3) is 4.93. The molecule has 188 valence electrons. The highest BCUT2D eigenvalue weighted by atomic mass is 35.5. The van der Waals surface area contributed by atoms with Crippen LogP contribution in [0, 0.1) is 12.8 Å². The molecule has 3 aromatic rings. The summed E-state index contributed by atoms with van der Waals surface area (Å²) in [6.45, 7) is 2.86. The fraction of sp³-hybridized carbons (Fsp3) is 0.400. The van der Waals surface area contributed by atoms with E-state index in [4.69, 9.17) is 16.3 Å². The summed E-state index contributed by atoms with van der Waals surface area (Å²) in [5.74, 6) is 0.113. The number of β-amino-alcohol motifs (C(OH)–C–C–N with tert-alkyl or cyclic N) is 1. The van der Waals surface area contributed by atoms with Crippen LogP contribution in [0.4, 0.5) is 5.13 Å². The second-order valence-corrected chi connectivity index (χ2v) is 10.6. The van der Waals surface area contributed by atoms with Crippen molar-refractivity contribution < 1.29 is 19.4 Å². The maximum atomic E-state index is 13.3. The molecule has 0 unspecified atom stereocenters. The third-order valence-corrected chi connectivity index (χ3v) is 7.86.